The van der Waals surface area contributed by atoms with Gasteiger partial charge in [-0.25, -0.2) is 4.79 Å². The average Bonchev–Trinajstić information content (AvgIpc) is 3.13. The Morgan fingerprint density at radius 2 is 2.00 bits per heavy atom. The van der Waals surface area contributed by atoms with Gasteiger partial charge in [-0.15, -0.1) is 10.2 Å². The number of anilines is 1. The molecule has 1 aliphatic heterocycles. The van der Waals surface area contributed by atoms with Crippen LogP contribution in [0.15, 0.2) is 34.0 Å². The van der Waals surface area contributed by atoms with Gasteiger partial charge < -0.3 is 4.90 Å². The predicted octanol–water partition coefficient (Wildman–Crippen LogP) is 0.382. The molecule has 1 atom stereocenters. The number of piperidine rings is 1. The number of rotatable bonds is 2. The number of hydrogen-bond acceptors (Lipinski definition) is 6. The maximum Gasteiger partial charge on any atom is 0.332 e. The smallest absolute Gasteiger partial charge is 0.332 e. The molecule has 0 saturated carbocycles. The van der Waals surface area contributed by atoms with Crippen molar-refractivity contribution in [2.24, 2.45) is 14.1 Å². The second-order valence-electron chi connectivity index (χ2n) is 6.79. The molecule has 1 aliphatic rings. The van der Waals surface area contributed by atoms with Crippen LogP contribution in [0.1, 0.15) is 30.1 Å². The van der Waals surface area contributed by atoms with Crippen molar-refractivity contribution < 1.29 is 0 Å². The summed E-state index contributed by atoms with van der Waals surface area (Å²) in [6.07, 6.45) is 3.71. The Hall–Kier alpha value is -3.41. The van der Waals surface area contributed by atoms with Crippen LogP contribution in [-0.2, 0) is 14.1 Å². The first-order valence-corrected chi connectivity index (χ1v) is 8.77. The van der Waals surface area contributed by atoms with E-state index in [0.29, 0.717) is 18.9 Å². The van der Waals surface area contributed by atoms with E-state index in [4.69, 9.17) is 0 Å². The topological polar surface area (TPSA) is 101 Å². The van der Waals surface area contributed by atoms with Crippen molar-refractivity contribution in [1.82, 2.24) is 23.7 Å². The first-order valence-electron chi connectivity index (χ1n) is 8.77. The largest absolute Gasteiger partial charge is 0.356 e. The highest BCUT2D eigenvalue weighted by molar-refractivity contribution is 5.54. The first kappa shape index (κ1) is 17.0. The molecular weight excluding hydrogens is 346 g/mol. The fourth-order valence-corrected chi connectivity index (χ4v) is 3.82. The van der Waals surface area contributed by atoms with Gasteiger partial charge in [0, 0.05) is 39.3 Å². The predicted molar refractivity (Wildman–Crippen MR) is 98.8 cm³/mol. The molecule has 1 fully saturated rings. The Kier molecular flexibility index (Phi) is 4.03. The van der Waals surface area contributed by atoms with Crippen molar-refractivity contribution >= 4 is 11.5 Å². The highest BCUT2D eigenvalue weighted by Gasteiger charge is 2.29. The number of nitriles is 1. The zero-order valence-corrected chi connectivity index (χ0v) is 15.2. The van der Waals surface area contributed by atoms with Crippen molar-refractivity contribution in [3.05, 3.63) is 56.6 Å². The summed E-state index contributed by atoms with van der Waals surface area (Å²) in [7, 11) is 2.98. The third-order valence-electron chi connectivity index (χ3n) is 5.17. The fourth-order valence-electron chi connectivity index (χ4n) is 3.82. The molecule has 3 aromatic heterocycles. The van der Waals surface area contributed by atoms with Gasteiger partial charge in [0.15, 0.2) is 11.2 Å². The van der Waals surface area contributed by atoms with Gasteiger partial charge in [-0.05, 0) is 25.0 Å². The van der Waals surface area contributed by atoms with Crippen LogP contribution < -0.4 is 16.1 Å². The molecule has 27 heavy (non-hydrogen) atoms. The van der Waals surface area contributed by atoms with Gasteiger partial charge in [-0.1, -0.05) is 6.07 Å². The van der Waals surface area contributed by atoms with Crippen LogP contribution in [0.2, 0.25) is 0 Å². The molecule has 9 nitrogen and oxygen atoms in total. The molecule has 0 aliphatic carbocycles. The Labute approximate surface area is 154 Å². The van der Waals surface area contributed by atoms with Gasteiger partial charge in [0.25, 0.3) is 5.56 Å². The minimum Gasteiger partial charge on any atom is -0.356 e. The van der Waals surface area contributed by atoms with Crippen LogP contribution in [0.3, 0.4) is 0 Å². The number of pyridine rings is 1. The maximum atomic E-state index is 12.4. The molecule has 0 N–H and O–H groups in total. The van der Waals surface area contributed by atoms with E-state index < -0.39 is 11.2 Å². The van der Waals surface area contributed by atoms with E-state index in [0.717, 1.165) is 28.9 Å². The molecular formula is C18H19N7O2. The van der Waals surface area contributed by atoms with Crippen molar-refractivity contribution in [3.8, 4) is 6.07 Å². The van der Waals surface area contributed by atoms with E-state index in [1.54, 1.807) is 7.05 Å². The molecule has 138 valence electrons. The Morgan fingerprint density at radius 1 is 1.19 bits per heavy atom. The SMILES string of the molecule is Cn1c(N2CCCC(c3nnc4ccccn34)C2)c(C#N)c(=O)n(C)c1=O. The van der Waals surface area contributed by atoms with Gasteiger partial charge in [-0.2, -0.15) is 5.26 Å². The van der Waals surface area contributed by atoms with Crippen molar-refractivity contribution in [2.45, 2.75) is 18.8 Å². The van der Waals surface area contributed by atoms with Crippen LogP contribution >= 0.6 is 0 Å². The lowest BCUT2D eigenvalue weighted by Gasteiger charge is -2.34. The van der Waals surface area contributed by atoms with Crippen molar-refractivity contribution in [2.75, 3.05) is 18.0 Å². The second-order valence-corrected chi connectivity index (χ2v) is 6.79. The monoisotopic (exact) mass is 365 g/mol. The van der Waals surface area contributed by atoms with E-state index in [2.05, 4.69) is 10.2 Å². The minimum absolute atomic E-state index is 0.00801. The van der Waals surface area contributed by atoms with Gasteiger partial charge >= 0.3 is 5.69 Å². The third-order valence-corrected chi connectivity index (χ3v) is 5.17. The summed E-state index contributed by atoms with van der Waals surface area (Å²) < 4.78 is 4.31. The third kappa shape index (κ3) is 2.61. The molecule has 3 aromatic rings. The lowest BCUT2D eigenvalue weighted by Crippen LogP contribution is -2.45. The maximum absolute atomic E-state index is 12.4. The van der Waals surface area contributed by atoms with Crippen LogP contribution in [0, 0.1) is 11.3 Å². The Bertz CT molecular complexity index is 1180. The van der Waals surface area contributed by atoms with Gasteiger partial charge in [0.1, 0.15) is 17.7 Å². The van der Waals surface area contributed by atoms with Crippen LogP contribution in [-0.4, -0.2) is 36.8 Å². The summed E-state index contributed by atoms with van der Waals surface area (Å²) in [5.74, 6) is 1.31. The van der Waals surface area contributed by atoms with E-state index >= 15 is 0 Å². The lowest BCUT2D eigenvalue weighted by atomic mass is 9.97. The van der Waals surface area contributed by atoms with Crippen LogP contribution in [0.5, 0.6) is 0 Å². The quantitative estimate of drug-likeness (QED) is 0.651. The molecule has 0 radical (unpaired) electrons. The normalized spacial score (nSPS) is 17.2. The molecule has 1 saturated heterocycles. The van der Waals surface area contributed by atoms with Gasteiger partial charge in [-0.3, -0.25) is 18.3 Å². The number of fused-ring (bicyclic) bond motifs is 1. The summed E-state index contributed by atoms with van der Waals surface area (Å²) in [6, 6.07) is 7.72. The molecule has 0 amide bonds. The first-order chi connectivity index (χ1) is 13.0. The van der Waals surface area contributed by atoms with E-state index in [1.165, 1.54) is 11.6 Å². The molecule has 0 spiro atoms. The molecule has 0 bridgehead atoms. The standard InChI is InChI=1S/C18H19N7O2/c1-22-16(13(10-19)17(26)23(2)18(22)27)24-8-5-6-12(11-24)15-21-20-14-7-3-4-9-25(14)15/h3-4,7,9,12H,5-6,8,11H2,1-2H3. The van der Waals surface area contributed by atoms with Gasteiger partial charge in [0.05, 0.1) is 0 Å². The summed E-state index contributed by atoms with van der Waals surface area (Å²) in [5.41, 5.74) is -0.232. The number of aromatic nitrogens is 5. The van der Waals surface area contributed by atoms with E-state index in [9.17, 15) is 14.9 Å². The van der Waals surface area contributed by atoms with E-state index in [-0.39, 0.29) is 11.5 Å². The highest BCUT2D eigenvalue weighted by atomic mass is 16.2. The van der Waals surface area contributed by atoms with Crippen LogP contribution in [0.25, 0.3) is 5.65 Å². The summed E-state index contributed by atoms with van der Waals surface area (Å²) in [4.78, 5) is 26.7. The second kappa shape index (κ2) is 6.39. The van der Waals surface area contributed by atoms with E-state index in [1.807, 2.05) is 39.8 Å². The zero-order valence-electron chi connectivity index (χ0n) is 15.2. The fraction of sp³-hybridized carbons (Fsp3) is 0.389. The molecule has 1 unspecified atom stereocenters. The number of hydrogen-bond donors (Lipinski definition) is 0. The molecule has 0 aromatic carbocycles. The van der Waals surface area contributed by atoms with Crippen molar-refractivity contribution in [1.29, 1.82) is 5.26 Å². The molecule has 4 rings (SSSR count). The Balaban J connectivity index is 1.78. The summed E-state index contributed by atoms with van der Waals surface area (Å²) in [6.45, 7) is 1.23. The van der Waals surface area contributed by atoms with Gasteiger partial charge in [0.2, 0.25) is 0 Å². The van der Waals surface area contributed by atoms with Crippen LogP contribution in [0.4, 0.5) is 5.82 Å². The molecule has 9 heteroatoms. The average molecular weight is 365 g/mol. The number of nitrogens with zero attached hydrogens (tertiary/aromatic N) is 7. The lowest BCUT2D eigenvalue weighted by molar-refractivity contribution is 0.478. The molecule has 4 heterocycles. The van der Waals surface area contributed by atoms with Crippen molar-refractivity contribution in [3.63, 3.8) is 0 Å². The summed E-state index contributed by atoms with van der Waals surface area (Å²) in [5, 5.41) is 18.1. The minimum atomic E-state index is -0.564. The highest BCUT2D eigenvalue weighted by Crippen LogP contribution is 2.29. The zero-order chi connectivity index (χ0) is 19.1. The summed E-state index contributed by atoms with van der Waals surface area (Å²) >= 11 is 0. The Morgan fingerprint density at radius 3 is 2.78 bits per heavy atom.